The number of aromatic hydroxyl groups is 1. The number of alkyl halides is 3. The molecule has 3 aromatic carbocycles. The van der Waals surface area contributed by atoms with Crippen LogP contribution in [0.3, 0.4) is 0 Å². The van der Waals surface area contributed by atoms with Gasteiger partial charge in [0.15, 0.2) is 11.4 Å². The van der Waals surface area contributed by atoms with Crippen molar-refractivity contribution in [2.75, 3.05) is 0 Å². The van der Waals surface area contributed by atoms with E-state index in [1.54, 1.807) is 36.4 Å². The molecule has 0 unspecified atom stereocenters. The molecule has 0 amide bonds. The number of phenolic OH excluding ortho intramolecular Hbond substituents is 1. The quantitative estimate of drug-likeness (QED) is 0.293. The van der Waals surface area contributed by atoms with Crippen LogP contribution in [0.15, 0.2) is 66.7 Å². The largest absolute Gasteiger partial charge is 0.507 e. The lowest BCUT2D eigenvalue weighted by molar-refractivity contribution is -0.144. The Labute approximate surface area is 202 Å². The van der Waals surface area contributed by atoms with Gasteiger partial charge in [0.2, 0.25) is 0 Å². The standard InChI is InChI=1S/C24H17Cl2F3N2O3/c1-31-23(24(27,28)29)22(34-20-5-3-2-4-18(20)26)21(30-31)17-11-10-16(12-19(17)32)33-13-14-6-8-15(25)9-7-14/h2-12,32H,13H2,1H3. The van der Waals surface area contributed by atoms with Gasteiger partial charge >= 0.3 is 6.18 Å². The molecule has 0 fully saturated rings. The molecule has 34 heavy (non-hydrogen) atoms. The normalized spacial score (nSPS) is 11.5. The minimum Gasteiger partial charge on any atom is -0.507 e. The van der Waals surface area contributed by atoms with Gasteiger partial charge in [0.05, 0.1) is 5.02 Å². The first-order chi connectivity index (χ1) is 16.1. The van der Waals surface area contributed by atoms with Crippen molar-refractivity contribution in [1.29, 1.82) is 0 Å². The van der Waals surface area contributed by atoms with Gasteiger partial charge in [-0.2, -0.15) is 18.3 Å². The van der Waals surface area contributed by atoms with Crippen molar-refractivity contribution in [2.24, 2.45) is 7.05 Å². The van der Waals surface area contributed by atoms with E-state index in [0.717, 1.165) is 12.6 Å². The molecule has 0 spiro atoms. The predicted octanol–water partition coefficient (Wildman–Crippen LogP) is 7.49. The number of hydrogen-bond donors (Lipinski definition) is 1. The van der Waals surface area contributed by atoms with Crippen molar-refractivity contribution in [3.63, 3.8) is 0 Å². The Morgan fingerprint density at radius 3 is 2.35 bits per heavy atom. The van der Waals surface area contributed by atoms with Gasteiger partial charge in [0.25, 0.3) is 0 Å². The van der Waals surface area contributed by atoms with Gasteiger partial charge in [-0.05, 0) is 42.0 Å². The van der Waals surface area contributed by atoms with Gasteiger partial charge in [0, 0.05) is 23.7 Å². The number of phenols is 1. The maximum absolute atomic E-state index is 13.8. The van der Waals surface area contributed by atoms with Crippen LogP contribution in [-0.2, 0) is 19.8 Å². The van der Waals surface area contributed by atoms with E-state index in [-0.39, 0.29) is 34.4 Å². The number of para-hydroxylation sites is 1. The highest BCUT2D eigenvalue weighted by molar-refractivity contribution is 6.32. The van der Waals surface area contributed by atoms with E-state index in [1.807, 2.05) is 0 Å². The molecule has 0 aliphatic heterocycles. The molecule has 1 N–H and O–H groups in total. The molecule has 0 bridgehead atoms. The molecule has 0 aliphatic rings. The monoisotopic (exact) mass is 508 g/mol. The first kappa shape index (κ1) is 23.8. The number of rotatable bonds is 6. The highest BCUT2D eigenvalue weighted by Crippen LogP contribution is 2.46. The Morgan fingerprint density at radius 2 is 1.71 bits per heavy atom. The van der Waals surface area contributed by atoms with Crippen molar-refractivity contribution < 1.29 is 27.8 Å². The SMILES string of the molecule is Cn1nc(-c2ccc(OCc3ccc(Cl)cc3)cc2O)c(Oc2ccccc2Cl)c1C(F)(F)F. The van der Waals surface area contributed by atoms with Gasteiger partial charge in [0.1, 0.15) is 29.5 Å². The second-order valence-corrected chi connectivity index (χ2v) is 8.12. The highest BCUT2D eigenvalue weighted by Gasteiger charge is 2.41. The average molecular weight is 509 g/mol. The van der Waals surface area contributed by atoms with Crippen LogP contribution < -0.4 is 9.47 Å². The molecule has 176 valence electrons. The fourth-order valence-electron chi connectivity index (χ4n) is 3.28. The minimum absolute atomic E-state index is 0.0197. The maximum atomic E-state index is 13.8. The molecule has 1 aromatic heterocycles. The molecular weight excluding hydrogens is 492 g/mol. The molecule has 1 heterocycles. The molecule has 4 rings (SSSR count). The van der Waals surface area contributed by atoms with Crippen LogP contribution in [0.4, 0.5) is 13.2 Å². The Morgan fingerprint density at radius 1 is 1.00 bits per heavy atom. The smallest absolute Gasteiger partial charge is 0.436 e. The number of benzene rings is 3. The lowest BCUT2D eigenvalue weighted by atomic mass is 10.1. The van der Waals surface area contributed by atoms with Gasteiger partial charge in [-0.15, -0.1) is 0 Å². The van der Waals surface area contributed by atoms with Crippen LogP contribution >= 0.6 is 23.2 Å². The Bertz CT molecular complexity index is 1320. The first-order valence-corrected chi connectivity index (χ1v) is 10.7. The van der Waals surface area contributed by atoms with Crippen molar-refractivity contribution in [2.45, 2.75) is 12.8 Å². The summed E-state index contributed by atoms with van der Waals surface area (Å²) in [6.45, 7) is 0.207. The van der Waals surface area contributed by atoms with Gasteiger partial charge in [-0.1, -0.05) is 47.5 Å². The third-order valence-electron chi connectivity index (χ3n) is 4.86. The summed E-state index contributed by atoms with van der Waals surface area (Å²) in [6.07, 6.45) is -4.77. The van der Waals surface area contributed by atoms with Crippen LogP contribution in [0.2, 0.25) is 10.0 Å². The number of halogens is 5. The van der Waals surface area contributed by atoms with E-state index in [1.165, 1.54) is 30.3 Å². The van der Waals surface area contributed by atoms with Gasteiger partial charge in [-0.25, -0.2) is 0 Å². The van der Waals surface area contributed by atoms with Crippen molar-refractivity contribution in [3.05, 3.63) is 88.0 Å². The molecule has 0 atom stereocenters. The molecule has 10 heteroatoms. The zero-order valence-electron chi connectivity index (χ0n) is 17.6. The molecule has 0 radical (unpaired) electrons. The summed E-state index contributed by atoms with van der Waals surface area (Å²) in [4.78, 5) is 0. The molecule has 0 saturated heterocycles. The molecule has 4 aromatic rings. The number of aryl methyl sites for hydroxylation is 1. The zero-order valence-corrected chi connectivity index (χ0v) is 19.1. The lowest BCUT2D eigenvalue weighted by Gasteiger charge is -2.13. The van der Waals surface area contributed by atoms with E-state index < -0.39 is 17.6 Å². The Balaban J connectivity index is 1.69. The van der Waals surface area contributed by atoms with E-state index >= 15 is 0 Å². The summed E-state index contributed by atoms with van der Waals surface area (Å²) in [7, 11) is 1.15. The van der Waals surface area contributed by atoms with E-state index in [9.17, 15) is 18.3 Å². The summed E-state index contributed by atoms with van der Waals surface area (Å²) < 4.78 is 53.4. The van der Waals surface area contributed by atoms with Crippen LogP contribution in [-0.4, -0.2) is 14.9 Å². The lowest BCUT2D eigenvalue weighted by Crippen LogP contribution is -2.12. The van der Waals surface area contributed by atoms with Crippen LogP contribution in [0.5, 0.6) is 23.0 Å². The van der Waals surface area contributed by atoms with Crippen molar-refractivity contribution in [1.82, 2.24) is 9.78 Å². The first-order valence-electron chi connectivity index (χ1n) is 9.90. The molecule has 5 nitrogen and oxygen atoms in total. The van der Waals surface area contributed by atoms with E-state index in [2.05, 4.69) is 5.10 Å². The van der Waals surface area contributed by atoms with E-state index in [4.69, 9.17) is 32.7 Å². The van der Waals surface area contributed by atoms with Crippen LogP contribution in [0.1, 0.15) is 11.3 Å². The predicted molar refractivity (Wildman–Crippen MR) is 123 cm³/mol. The summed E-state index contributed by atoms with van der Waals surface area (Å²) in [6, 6.07) is 17.4. The fraction of sp³-hybridized carbons (Fsp3) is 0.125. The maximum Gasteiger partial charge on any atom is 0.436 e. The van der Waals surface area contributed by atoms with Crippen LogP contribution in [0, 0.1) is 0 Å². The summed E-state index contributed by atoms with van der Waals surface area (Å²) in [5, 5.41) is 15.3. The third-order valence-corrected chi connectivity index (χ3v) is 5.43. The summed E-state index contributed by atoms with van der Waals surface area (Å²) >= 11 is 12.0. The highest BCUT2D eigenvalue weighted by atomic mass is 35.5. The molecule has 0 saturated carbocycles. The molecule has 0 aliphatic carbocycles. The number of nitrogens with zero attached hydrogens (tertiary/aromatic N) is 2. The molecular formula is C24H17Cl2F3N2O3. The zero-order chi connectivity index (χ0) is 24.5. The minimum atomic E-state index is -4.77. The van der Waals surface area contributed by atoms with Crippen molar-refractivity contribution >= 4 is 23.2 Å². The fourth-order valence-corrected chi connectivity index (χ4v) is 3.58. The number of aromatic nitrogens is 2. The second-order valence-electron chi connectivity index (χ2n) is 7.27. The third kappa shape index (κ3) is 5.08. The van der Waals surface area contributed by atoms with E-state index in [0.29, 0.717) is 15.5 Å². The van der Waals surface area contributed by atoms with Crippen LogP contribution in [0.25, 0.3) is 11.3 Å². The number of hydrogen-bond acceptors (Lipinski definition) is 4. The van der Waals surface area contributed by atoms with Gasteiger partial charge < -0.3 is 14.6 Å². The Kier molecular flexibility index (Phi) is 6.63. The second kappa shape index (κ2) is 9.48. The van der Waals surface area contributed by atoms with Crippen molar-refractivity contribution in [3.8, 4) is 34.3 Å². The summed E-state index contributed by atoms with van der Waals surface area (Å²) in [5.41, 5.74) is -0.434. The number of ether oxygens (including phenoxy) is 2. The topological polar surface area (TPSA) is 56.5 Å². The van der Waals surface area contributed by atoms with Gasteiger partial charge in [-0.3, -0.25) is 4.68 Å². The Hall–Kier alpha value is -3.36. The summed E-state index contributed by atoms with van der Waals surface area (Å²) in [5.74, 6) is -0.569. The average Bonchev–Trinajstić information content (AvgIpc) is 3.11.